The van der Waals surface area contributed by atoms with Crippen molar-refractivity contribution in [2.75, 3.05) is 0 Å². The van der Waals surface area contributed by atoms with E-state index < -0.39 is 17.7 Å². The molecule has 1 aliphatic heterocycles. The average Bonchev–Trinajstić information content (AvgIpc) is 3.30. The SMILES string of the molecule is Cc1ccc(/C(O)=C2/C(=O)C(=O)N(C3CCCC3)C2c2ccccc2)cc1. The first-order valence-corrected chi connectivity index (χ1v) is 9.50. The molecule has 2 aromatic carbocycles. The number of amides is 1. The van der Waals surface area contributed by atoms with Crippen molar-refractivity contribution in [3.05, 3.63) is 76.9 Å². The molecule has 138 valence electrons. The van der Waals surface area contributed by atoms with E-state index in [-0.39, 0.29) is 17.4 Å². The van der Waals surface area contributed by atoms with Gasteiger partial charge in [0.2, 0.25) is 0 Å². The molecule has 1 amide bonds. The maximum Gasteiger partial charge on any atom is 0.295 e. The topological polar surface area (TPSA) is 57.6 Å². The van der Waals surface area contributed by atoms with E-state index in [4.69, 9.17) is 0 Å². The summed E-state index contributed by atoms with van der Waals surface area (Å²) in [5, 5.41) is 11.0. The normalized spacial score (nSPS) is 22.6. The maximum atomic E-state index is 12.9. The van der Waals surface area contributed by atoms with Crippen LogP contribution < -0.4 is 0 Å². The van der Waals surface area contributed by atoms with Gasteiger partial charge in [-0.25, -0.2) is 0 Å². The molecule has 1 unspecified atom stereocenters. The molecule has 1 saturated carbocycles. The number of aryl methyl sites for hydroxylation is 1. The fourth-order valence-electron chi connectivity index (χ4n) is 4.24. The largest absolute Gasteiger partial charge is 0.507 e. The number of hydrogen-bond acceptors (Lipinski definition) is 3. The summed E-state index contributed by atoms with van der Waals surface area (Å²) in [6, 6.07) is 16.4. The van der Waals surface area contributed by atoms with Gasteiger partial charge < -0.3 is 10.0 Å². The van der Waals surface area contributed by atoms with E-state index in [0.29, 0.717) is 5.56 Å². The van der Waals surface area contributed by atoms with Gasteiger partial charge in [0.15, 0.2) is 0 Å². The van der Waals surface area contributed by atoms with Crippen molar-refractivity contribution in [1.29, 1.82) is 0 Å². The van der Waals surface area contributed by atoms with Gasteiger partial charge in [-0.05, 0) is 25.3 Å². The number of ketones is 1. The highest BCUT2D eigenvalue weighted by atomic mass is 16.3. The number of Topliss-reactive ketones (excluding diaryl/α,β-unsaturated/α-hetero) is 1. The van der Waals surface area contributed by atoms with Crippen LogP contribution in [0.1, 0.15) is 48.4 Å². The van der Waals surface area contributed by atoms with Crippen LogP contribution in [0.15, 0.2) is 60.2 Å². The van der Waals surface area contributed by atoms with E-state index in [1.165, 1.54) is 0 Å². The highest BCUT2D eigenvalue weighted by Gasteiger charge is 2.49. The van der Waals surface area contributed by atoms with Crippen molar-refractivity contribution < 1.29 is 14.7 Å². The highest BCUT2D eigenvalue weighted by Crippen LogP contribution is 2.43. The third-order valence-electron chi connectivity index (χ3n) is 5.64. The van der Waals surface area contributed by atoms with Crippen LogP contribution >= 0.6 is 0 Å². The molecule has 2 aliphatic rings. The summed E-state index contributed by atoms with van der Waals surface area (Å²) >= 11 is 0. The lowest BCUT2D eigenvalue weighted by Gasteiger charge is -2.30. The second-order valence-corrected chi connectivity index (χ2v) is 7.42. The predicted molar refractivity (Wildman–Crippen MR) is 104 cm³/mol. The van der Waals surface area contributed by atoms with Crippen molar-refractivity contribution in [3.63, 3.8) is 0 Å². The third-order valence-corrected chi connectivity index (χ3v) is 5.64. The fraction of sp³-hybridized carbons (Fsp3) is 0.304. The Morgan fingerprint density at radius 1 is 0.963 bits per heavy atom. The molecule has 4 nitrogen and oxygen atoms in total. The molecule has 27 heavy (non-hydrogen) atoms. The first-order valence-electron chi connectivity index (χ1n) is 9.50. The fourth-order valence-corrected chi connectivity index (χ4v) is 4.24. The van der Waals surface area contributed by atoms with Crippen molar-refractivity contribution in [2.24, 2.45) is 0 Å². The summed E-state index contributed by atoms with van der Waals surface area (Å²) in [6.45, 7) is 1.97. The molecule has 2 fully saturated rings. The Balaban J connectivity index is 1.87. The Labute approximate surface area is 159 Å². The molecule has 0 spiro atoms. The molecule has 1 N–H and O–H groups in total. The predicted octanol–water partition coefficient (Wildman–Crippen LogP) is 4.36. The van der Waals surface area contributed by atoms with Crippen LogP contribution in [0.5, 0.6) is 0 Å². The molecule has 1 aliphatic carbocycles. The van der Waals surface area contributed by atoms with Crippen LogP contribution in [0, 0.1) is 6.92 Å². The minimum Gasteiger partial charge on any atom is -0.507 e. The molecule has 1 heterocycles. The van der Waals surface area contributed by atoms with Crippen molar-refractivity contribution >= 4 is 17.4 Å². The maximum absolute atomic E-state index is 12.9. The molecule has 1 atom stereocenters. The molecule has 4 rings (SSSR count). The summed E-state index contributed by atoms with van der Waals surface area (Å²) in [5.41, 5.74) is 2.68. The van der Waals surface area contributed by atoms with Gasteiger partial charge in [-0.1, -0.05) is 73.0 Å². The highest BCUT2D eigenvalue weighted by molar-refractivity contribution is 6.46. The summed E-state index contributed by atoms with van der Waals surface area (Å²) in [6.07, 6.45) is 3.93. The van der Waals surface area contributed by atoms with E-state index in [1.807, 2.05) is 49.4 Å². The van der Waals surface area contributed by atoms with Gasteiger partial charge in [0, 0.05) is 11.6 Å². The van der Waals surface area contributed by atoms with Crippen molar-refractivity contribution in [1.82, 2.24) is 4.90 Å². The van der Waals surface area contributed by atoms with Crippen LogP contribution in [0.4, 0.5) is 0 Å². The van der Waals surface area contributed by atoms with Gasteiger partial charge in [-0.3, -0.25) is 9.59 Å². The van der Waals surface area contributed by atoms with Gasteiger partial charge in [-0.2, -0.15) is 0 Å². The van der Waals surface area contributed by atoms with Gasteiger partial charge >= 0.3 is 0 Å². The number of likely N-dealkylation sites (tertiary alicyclic amines) is 1. The van der Waals surface area contributed by atoms with Gasteiger partial charge in [-0.15, -0.1) is 0 Å². The van der Waals surface area contributed by atoms with Crippen LogP contribution in [0.3, 0.4) is 0 Å². The van der Waals surface area contributed by atoms with E-state index in [0.717, 1.165) is 36.8 Å². The molecule has 4 heteroatoms. The summed E-state index contributed by atoms with van der Waals surface area (Å²) in [4.78, 5) is 27.5. The smallest absolute Gasteiger partial charge is 0.295 e. The monoisotopic (exact) mass is 361 g/mol. The molecule has 0 aromatic heterocycles. The lowest BCUT2D eigenvalue weighted by atomic mass is 9.94. The first kappa shape index (κ1) is 17.5. The number of rotatable bonds is 3. The Morgan fingerprint density at radius 3 is 2.22 bits per heavy atom. The van der Waals surface area contributed by atoms with Crippen LogP contribution in [0.25, 0.3) is 5.76 Å². The molecule has 2 aromatic rings. The number of nitrogens with zero attached hydrogens (tertiary/aromatic N) is 1. The number of carbonyl (C=O) groups excluding carboxylic acids is 2. The Bertz CT molecular complexity index is 893. The van der Waals surface area contributed by atoms with Crippen molar-refractivity contribution in [2.45, 2.75) is 44.7 Å². The van der Waals surface area contributed by atoms with Crippen molar-refractivity contribution in [3.8, 4) is 0 Å². The van der Waals surface area contributed by atoms with Crippen LogP contribution in [-0.2, 0) is 9.59 Å². The Kier molecular flexibility index (Phi) is 4.56. The zero-order valence-corrected chi connectivity index (χ0v) is 15.4. The lowest BCUT2D eigenvalue weighted by Crippen LogP contribution is -2.37. The second kappa shape index (κ2) is 7.03. The zero-order chi connectivity index (χ0) is 19.0. The number of aliphatic hydroxyl groups is 1. The van der Waals surface area contributed by atoms with E-state index >= 15 is 0 Å². The summed E-state index contributed by atoms with van der Waals surface area (Å²) in [7, 11) is 0. The average molecular weight is 361 g/mol. The molecular formula is C23H23NO3. The number of carbonyl (C=O) groups is 2. The molecule has 1 saturated heterocycles. The summed E-state index contributed by atoms with van der Waals surface area (Å²) in [5.74, 6) is -1.18. The third kappa shape index (κ3) is 3.05. The van der Waals surface area contributed by atoms with Gasteiger partial charge in [0.1, 0.15) is 5.76 Å². The number of hydrogen-bond donors (Lipinski definition) is 1. The summed E-state index contributed by atoms with van der Waals surface area (Å²) < 4.78 is 0. The first-order chi connectivity index (χ1) is 13.1. The lowest BCUT2D eigenvalue weighted by molar-refractivity contribution is -0.141. The quantitative estimate of drug-likeness (QED) is 0.502. The second-order valence-electron chi connectivity index (χ2n) is 7.42. The zero-order valence-electron chi connectivity index (χ0n) is 15.4. The molecule has 0 radical (unpaired) electrons. The minimum absolute atomic E-state index is 0.0509. The van der Waals surface area contributed by atoms with Gasteiger partial charge in [0.25, 0.3) is 11.7 Å². The van der Waals surface area contributed by atoms with Crippen LogP contribution in [-0.4, -0.2) is 27.7 Å². The number of benzene rings is 2. The van der Waals surface area contributed by atoms with E-state index in [1.54, 1.807) is 17.0 Å². The van der Waals surface area contributed by atoms with Gasteiger partial charge in [0.05, 0.1) is 11.6 Å². The van der Waals surface area contributed by atoms with E-state index in [9.17, 15) is 14.7 Å². The Hall–Kier alpha value is -2.88. The minimum atomic E-state index is -0.589. The standard InChI is InChI=1S/C23H23NO3/c1-15-11-13-17(14-12-15)21(25)19-20(16-7-3-2-4-8-16)24(23(27)22(19)26)18-9-5-6-10-18/h2-4,7-8,11-14,18,20,25H,5-6,9-10H2,1H3/b21-19-. The molecular weight excluding hydrogens is 338 g/mol. The number of aliphatic hydroxyl groups excluding tert-OH is 1. The van der Waals surface area contributed by atoms with E-state index in [2.05, 4.69) is 0 Å². The Morgan fingerprint density at radius 2 is 1.59 bits per heavy atom. The molecule has 0 bridgehead atoms. The van der Waals surface area contributed by atoms with Crippen LogP contribution in [0.2, 0.25) is 0 Å².